The molecule has 4 rings (SSSR count). The summed E-state index contributed by atoms with van der Waals surface area (Å²) in [5.41, 5.74) is 2.62. The minimum absolute atomic E-state index is 0.315. The number of ether oxygens (including phenoxy) is 1. The highest BCUT2D eigenvalue weighted by Gasteiger charge is 2.38. The van der Waals surface area contributed by atoms with Crippen LogP contribution in [-0.2, 0) is 0 Å². The Labute approximate surface area is 141 Å². The molecule has 1 aromatic rings. The van der Waals surface area contributed by atoms with Crippen molar-refractivity contribution < 1.29 is 9.13 Å². The minimum atomic E-state index is -0.315. The van der Waals surface area contributed by atoms with Gasteiger partial charge in [-0.25, -0.2) is 14.4 Å². The first-order valence-electron chi connectivity index (χ1n) is 8.45. The standard InChI is InChI=1S/C19H22FN3O/c1-12-8-18(15-9-16(20)11-17(10-15)24-3)21-19-6-7-22(23(12)19)13(2)14-4-5-14/h6,8-11,13-14H,4-5,7H2,1-3H3/t13-/m0/s1. The third-order valence-corrected chi connectivity index (χ3v) is 5.03. The van der Waals surface area contributed by atoms with Crippen LogP contribution in [0, 0.1) is 11.7 Å². The topological polar surface area (TPSA) is 28.1 Å². The molecule has 4 nitrogen and oxygen atoms in total. The fourth-order valence-corrected chi connectivity index (χ4v) is 3.51. The Hall–Kier alpha value is -2.14. The molecule has 1 atom stereocenters. The van der Waals surface area contributed by atoms with Gasteiger partial charge in [0.2, 0.25) is 0 Å². The van der Waals surface area contributed by atoms with E-state index >= 15 is 0 Å². The van der Waals surface area contributed by atoms with Crippen LogP contribution < -0.4 is 4.74 Å². The number of halogens is 1. The molecule has 3 aliphatic rings. The number of methoxy groups -OCH3 is 1. The van der Waals surface area contributed by atoms with E-state index in [0.717, 1.165) is 35.3 Å². The molecular weight excluding hydrogens is 305 g/mol. The lowest BCUT2D eigenvalue weighted by Gasteiger charge is -2.37. The molecule has 5 heteroatoms. The lowest BCUT2D eigenvalue weighted by Crippen LogP contribution is -2.44. The lowest BCUT2D eigenvalue weighted by molar-refractivity contribution is 0.0236. The zero-order valence-electron chi connectivity index (χ0n) is 14.3. The van der Waals surface area contributed by atoms with Gasteiger partial charge in [-0.3, -0.25) is 5.01 Å². The van der Waals surface area contributed by atoms with Gasteiger partial charge < -0.3 is 4.74 Å². The Balaban J connectivity index is 1.65. The Morgan fingerprint density at radius 3 is 2.79 bits per heavy atom. The molecular formula is C19H22FN3O. The maximum Gasteiger partial charge on any atom is 0.145 e. The molecule has 0 unspecified atom stereocenters. The maximum absolute atomic E-state index is 13.8. The van der Waals surface area contributed by atoms with E-state index < -0.39 is 0 Å². The molecule has 0 bridgehead atoms. The average Bonchev–Trinajstić information content (AvgIpc) is 3.32. The van der Waals surface area contributed by atoms with Crippen LogP contribution in [0.1, 0.15) is 32.3 Å². The number of hydrazine groups is 1. The summed E-state index contributed by atoms with van der Waals surface area (Å²) < 4.78 is 19.0. The number of fused-ring (bicyclic) bond motifs is 1. The summed E-state index contributed by atoms with van der Waals surface area (Å²) in [6.45, 7) is 5.25. The summed E-state index contributed by atoms with van der Waals surface area (Å²) in [6, 6.07) is 5.22. The molecule has 1 fully saturated rings. The molecule has 0 saturated heterocycles. The second-order valence-corrected chi connectivity index (χ2v) is 6.74. The Morgan fingerprint density at radius 2 is 2.08 bits per heavy atom. The highest BCUT2D eigenvalue weighted by Crippen LogP contribution is 2.39. The van der Waals surface area contributed by atoms with Gasteiger partial charge in [0.25, 0.3) is 0 Å². The second-order valence-electron chi connectivity index (χ2n) is 6.74. The zero-order valence-corrected chi connectivity index (χ0v) is 14.3. The Bertz CT molecular complexity index is 764. The van der Waals surface area contributed by atoms with E-state index in [9.17, 15) is 4.39 Å². The summed E-state index contributed by atoms with van der Waals surface area (Å²) in [4.78, 5) is 4.76. The summed E-state index contributed by atoms with van der Waals surface area (Å²) in [5, 5.41) is 4.58. The second kappa shape index (κ2) is 5.74. The fourth-order valence-electron chi connectivity index (χ4n) is 3.51. The molecule has 0 N–H and O–H groups in total. The van der Waals surface area contributed by atoms with E-state index in [1.807, 2.05) is 12.1 Å². The van der Waals surface area contributed by atoms with Crippen LogP contribution in [0.2, 0.25) is 0 Å². The van der Waals surface area contributed by atoms with Crippen LogP contribution >= 0.6 is 0 Å². The predicted octanol–water partition coefficient (Wildman–Crippen LogP) is 3.71. The van der Waals surface area contributed by atoms with Crippen molar-refractivity contribution >= 4 is 5.71 Å². The number of benzene rings is 1. The maximum atomic E-state index is 13.8. The molecule has 0 spiro atoms. The van der Waals surface area contributed by atoms with Crippen LogP contribution in [0.5, 0.6) is 5.75 Å². The van der Waals surface area contributed by atoms with Crippen molar-refractivity contribution in [3.63, 3.8) is 0 Å². The van der Waals surface area contributed by atoms with Gasteiger partial charge in [0, 0.05) is 29.9 Å². The SMILES string of the molecule is COc1cc(F)cc(C2=NC3=CCN([C@@H](C)C4CC4)N3C(C)=C2)c1. The number of nitrogens with zero attached hydrogens (tertiary/aromatic N) is 3. The van der Waals surface area contributed by atoms with Gasteiger partial charge in [-0.15, -0.1) is 0 Å². The first kappa shape index (κ1) is 15.4. The number of hydrogen-bond acceptors (Lipinski definition) is 4. The zero-order chi connectivity index (χ0) is 16.8. The number of rotatable bonds is 4. The summed E-state index contributed by atoms with van der Waals surface area (Å²) in [7, 11) is 1.54. The van der Waals surface area contributed by atoms with Crippen molar-refractivity contribution in [3.8, 4) is 5.75 Å². The van der Waals surface area contributed by atoms with Crippen LogP contribution in [0.15, 0.2) is 46.9 Å². The van der Waals surface area contributed by atoms with Crippen LogP contribution in [0.3, 0.4) is 0 Å². The monoisotopic (exact) mass is 327 g/mol. The molecule has 2 aliphatic heterocycles. The number of aliphatic imine (C=N–C) groups is 1. The Kier molecular flexibility index (Phi) is 3.68. The van der Waals surface area contributed by atoms with E-state index in [-0.39, 0.29) is 5.82 Å². The summed E-state index contributed by atoms with van der Waals surface area (Å²) in [5.74, 6) is 1.92. The van der Waals surface area contributed by atoms with Crippen molar-refractivity contribution in [2.45, 2.75) is 32.7 Å². The highest BCUT2D eigenvalue weighted by atomic mass is 19.1. The number of hydrogen-bond donors (Lipinski definition) is 0. The van der Waals surface area contributed by atoms with Gasteiger partial charge in [0.1, 0.15) is 17.4 Å². The largest absolute Gasteiger partial charge is 0.497 e. The summed E-state index contributed by atoms with van der Waals surface area (Å²) in [6.07, 6.45) is 6.80. The van der Waals surface area contributed by atoms with Crippen LogP contribution in [0.25, 0.3) is 0 Å². The predicted molar refractivity (Wildman–Crippen MR) is 92.1 cm³/mol. The lowest BCUT2D eigenvalue weighted by atomic mass is 10.1. The van der Waals surface area contributed by atoms with Crippen molar-refractivity contribution in [2.24, 2.45) is 10.9 Å². The minimum Gasteiger partial charge on any atom is -0.497 e. The van der Waals surface area contributed by atoms with Gasteiger partial charge in [-0.05, 0) is 56.9 Å². The van der Waals surface area contributed by atoms with Gasteiger partial charge in [0.05, 0.1) is 12.8 Å². The smallest absolute Gasteiger partial charge is 0.145 e. The molecule has 1 aliphatic carbocycles. The van der Waals surface area contributed by atoms with Gasteiger partial charge in [0.15, 0.2) is 0 Å². The Morgan fingerprint density at radius 1 is 1.29 bits per heavy atom. The third-order valence-electron chi connectivity index (χ3n) is 5.03. The van der Waals surface area contributed by atoms with E-state index in [4.69, 9.17) is 9.73 Å². The fraction of sp³-hybridized carbons (Fsp3) is 0.421. The highest BCUT2D eigenvalue weighted by molar-refractivity contribution is 6.10. The average molecular weight is 327 g/mol. The quantitative estimate of drug-likeness (QED) is 0.844. The van der Waals surface area contributed by atoms with E-state index in [1.165, 1.54) is 25.0 Å². The normalized spacial score (nSPS) is 21.8. The summed E-state index contributed by atoms with van der Waals surface area (Å²) >= 11 is 0. The molecule has 0 radical (unpaired) electrons. The van der Waals surface area contributed by atoms with E-state index in [1.54, 1.807) is 7.11 Å². The number of allylic oxidation sites excluding steroid dienone is 2. The van der Waals surface area contributed by atoms with E-state index in [2.05, 4.69) is 29.9 Å². The molecule has 2 heterocycles. The van der Waals surface area contributed by atoms with Crippen LogP contribution in [0.4, 0.5) is 4.39 Å². The first-order chi connectivity index (χ1) is 11.6. The van der Waals surface area contributed by atoms with Crippen molar-refractivity contribution in [1.82, 2.24) is 10.0 Å². The molecule has 1 saturated carbocycles. The molecule has 0 aromatic heterocycles. The van der Waals surface area contributed by atoms with Crippen molar-refractivity contribution in [1.29, 1.82) is 0 Å². The third kappa shape index (κ3) is 2.63. The van der Waals surface area contributed by atoms with Crippen LogP contribution in [-0.4, -0.2) is 35.4 Å². The van der Waals surface area contributed by atoms with Gasteiger partial charge >= 0.3 is 0 Å². The molecule has 0 amide bonds. The van der Waals surface area contributed by atoms with E-state index in [0.29, 0.717) is 11.8 Å². The molecule has 1 aromatic carbocycles. The van der Waals surface area contributed by atoms with Gasteiger partial charge in [-0.2, -0.15) is 0 Å². The first-order valence-corrected chi connectivity index (χ1v) is 8.45. The molecule has 24 heavy (non-hydrogen) atoms. The molecule has 126 valence electrons. The van der Waals surface area contributed by atoms with Crippen molar-refractivity contribution in [3.05, 3.63) is 53.2 Å². The van der Waals surface area contributed by atoms with Gasteiger partial charge in [-0.1, -0.05) is 0 Å². The van der Waals surface area contributed by atoms with Crippen molar-refractivity contribution in [2.75, 3.05) is 13.7 Å².